The molecule has 1 aromatic carbocycles. The molecule has 1 aromatic heterocycles. The minimum atomic E-state index is -4.33. The summed E-state index contributed by atoms with van der Waals surface area (Å²) < 4.78 is 46.0. The molecule has 0 amide bonds. The zero-order chi connectivity index (χ0) is 20.9. The van der Waals surface area contributed by atoms with E-state index >= 15 is 0 Å². The van der Waals surface area contributed by atoms with E-state index in [-0.39, 0.29) is 18.4 Å². The number of methoxy groups -OCH3 is 1. The molecule has 1 aliphatic rings. The van der Waals surface area contributed by atoms with Gasteiger partial charge in [0.05, 0.1) is 24.8 Å². The topological polar surface area (TPSA) is 59.3 Å². The van der Waals surface area contributed by atoms with Crippen molar-refractivity contribution in [3.05, 3.63) is 35.7 Å². The van der Waals surface area contributed by atoms with Crippen molar-refractivity contribution in [3.63, 3.8) is 0 Å². The van der Waals surface area contributed by atoms with Crippen molar-refractivity contribution in [2.24, 2.45) is 0 Å². The van der Waals surface area contributed by atoms with E-state index in [0.29, 0.717) is 31.9 Å². The number of anilines is 1. The van der Waals surface area contributed by atoms with Crippen molar-refractivity contribution in [1.82, 2.24) is 25.1 Å². The lowest BCUT2D eigenvalue weighted by atomic mass is 10.1. The van der Waals surface area contributed by atoms with Gasteiger partial charge in [0.2, 0.25) is 0 Å². The molecule has 0 aliphatic carbocycles. The van der Waals surface area contributed by atoms with Crippen LogP contribution < -0.4 is 4.90 Å². The Balaban J connectivity index is 0.00000320. The summed E-state index contributed by atoms with van der Waals surface area (Å²) in [6, 6.07) is 5.62. The molecule has 0 N–H and O–H groups in total. The normalized spacial score (nSPS) is 16.4. The summed E-state index contributed by atoms with van der Waals surface area (Å²) in [7, 11) is 1.64. The average molecular weight is 449 g/mol. The Morgan fingerprint density at radius 1 is 1.17 bits per heavy atom. The van der Waals surface area contributed by atoms with Crippen molar-refractivity contribution in [1.29, 1.82) is 0 Å². The number of benzene rings is 1. The van der Waals surface area contributed by atoms with Gasteiger partial charge in [0, 0.05) is 39.0 Å². The molecule has 0 saturated carbocycles. The third-order valence-corrected chi connectivity index (χ3v) is 5.22. The second-order valence-corrected chi connectivity index (χ2v) is 7.13. The lowest BCUT2D eigenvalue weighted by Gasteiger charge is -2.39. The number of rotatable bonds is 8. The molecule has 1 atom stereocenters. The smallest absolute Gasteiger partial charge is 0.383 e. The number of aromatic nitrogens is 4. The summed E-state index contributed by atoms with van der Waals surface area (Å²) >= 11 is 0. The molecular weight excluding hydrogens is 421 g/mol. The molecule has 0 bridgehead atoms. The van der Waals surface area contributed by atoms with Crippen LogP contribution in [0.25, 0.3) is 0 Å². The molecular formula is C19H28ClF3N6O. The van der Waals surface area contributed by atoms with Crippen LogP contribution in [-0.2, 0) is 17.5 Å². The fourth-order valence-electron chi connectivity index (χ4n) is 3.71. The molecule has 3 rings (SSSR count). The second-order valence-electron chi connectivity index (χ2n) is 7.13. The van der Waals surface area contributed by atoms with Gasteiger partial charge in [-0.15, -0.1) is 17.5 Å². The number of hydrogen-bond acceptors (Lipinski definition) is 6. The first-order valence-electron chi connectivity index (χ1n) is 9.85. The minimum Gasteiger partial charge on any atom is -0.383 e. The number of halogens is 4. The zero-order valence-corrected chi connectivity index (χ0v) is 18.0. The van der Waals surface area contributed by atoms with Gasteiger partial charge >= 0.3 is 6.18 Å². The van der Waals surface area contributed by atoms with Crippen molar-refractivity contribution < 1.29 is 17.9 Å². The second kappa shape index (κ2) is 10.9. The molecule has 7 nitrogen and oxygen atoms in total. The molecule has 11 heteroatoms. The maximum atomic E-state index is 13.0. The van der Waals surface area contributed by atoms with Crippen LogP contribution in [-0.4, -0.2) is 65.0 Å². The SMILES string of the molecule is CCCC(c1nnnn1CCOC)N1CCN(c2cccc(C(F)(F)F)c2)CC1.Cl. The fraction of sp³-hybridized carbons (Fsp3) is 0.632. The van der Waals surface area contributed by atoms with E-state index in [1.807, 2.05) is 4.90 Å². The standard InChI is InChI=1S/C19H27F3N6O.ClH/c1-3-5-17(18-23-24-25-28(18)12-13-29-2)27-10-8-26(9-11-27)16-7-4-6-15(14-16)19(20,21)22;/h4,6-7,14,17H,3,5,8-13H2,1-2H3;1H. The highest BCUT2D eigenvalue weighted by Gasteiger charge is 2.32. The predicted molar refractivity (Wildman–Crippen MR) is 110 cm³/mol. The molecule has 168 valence electrons. The molecule has 1 fully saturated rings. The molecule has 0 spiro atoms. The van der Waals surface area contributed by atoms with E-state index in [9.17, 15) is 13.2 Å². The largest absolute Gasteiger partial charge is 0.416 e. The highest BCUT2D eigenvalue weighted by molar-refractivity contribution is 5.85. The van der Waals surface area contributed by atoms with Gasteiger partial charge in [-0.25, -0.2) is 4.68 Å². The Hall–Kier alpha value is -1.91. The van der Waals surface area contributed by atoms with Gasteiger partial charge in [0.1, 0.15) is 0 Å². The Morgan fingerprint density at radius 3 is 2.53 bits per heavy atom. The van der Waals surface area contributed by atoms with Crippen LogP contribution in [0, 0.1) is 0 Å². The lowest BCUT2D eigenvalue weighted by molar-refractivity contribution is -0.137. The highest BCUT2D eigenvalue weighted by Crippen LogP contribution is 2.32. The molecule has 1 unspecified atom stereocenters. The average Bonchev–Trinajstić information content (AvgIpc) is 3.18. The van der Waals surface area contributed by atoms with E-state index in [1.54, 1.807) is 17.9 Å². The highest BCUT2D eigenvalue weighted by atomic mass is 35.5. The predicted octanol–water partition coefficient (Wildman–Crippen LogP) is 3.42. The summed E-state index contributed by atoms with van der Waals surface area (Å²) in [5.41, 5.74) is -0.00458. The maximum absolute atomic E-state index is 13.0. The lowest BCUT2D eigenvalue weighted by Crippen LogP contribution is -2.48. The van der Waals surface area contributed by atoms with Gasteiger partial charge in [-0.2, -0.15) is 13.2 Å². The summed E-state index contributed by atoms with van der Waals surface area (Å²) in [6.45, 7) is 6.01. The molecule has 2 aromatic rings. The van der Waals surface area contributed by atoms with Crippen LogP contribution >= 0.6 is 12.4 Å². The van der Waals surface area contributed by atoms with Gasteiger partial charge in [0.25, 0.3) is 0 Å². The summed E-state index contributed by atoms with van der Waals surface area (Å²) in [4.78, 5) is 4.32. The van der Waals surface area contributed by atoms with E-state index in [0.717, 1.165) is 37.8 Å². The van der Waals surface area contributed by atoms with Gasteiger partial charge < -0.3 is 9.64 Å². The van der Waals surface area contributed by atoms with Gasteiger partial charge in [-0.1, -0.05) is 19.4 Å². The summed E-state index contributed by atoms with van der Waals surface area (Å²) in [6.07, 6.45) is -2.43. The quantitative estimate of drug-likeness (QED) is 0.616. The van der Waals surface area contributed by atoms with Crippen LogP contribution in [0.3, 0.4) is 0 Å². The third kappa shape index (κ3) is 5.83. The van der Waals surface area contributed by atoms with Crippen molar-refractivity contribution in [2.75, 3.05) is 44.8 Å². The minimum absolute atomic E-state index is 0. The van der Waals surface area contributed by atoms with Crippen LogP contribution in [0.2, 0.25) is 0 Å². The molecule has 0 radical (unpaired) electrons. The van der Waals surface area contributed by atoms with E-state index in [2.05, 4.69) is 27.3 Å². The fourth-order valence-corrected chi connectivity index (χ4v) is 3.71. The molecule has 2 heterocycles. The third-order valence-electron chi connectivity index (χ3n) is 5.22. The number of nitrogens with zero attached hydrogens (tertiary/aromatic N) is 6. The maximum Gasteiger partial charge on any atom is 0.416 e. The Kier molecular flexibility index (Phi) is 8.87. The van der Waals surface area contributed by atoms with Crippen molar-refractivity contribution >= 4 is 18.1 Å². The summed E-state index contributed by atoms with van der Waals surface area (Å²) in [5.74, 6) is 0.816. The van der Waals surface area contributed by atoms with E-state index in [4.69, 9.17) is 4.74 Å². The Bertz CT molecular complexity index is 780. The van der Waals surface area contributed by atoms with Gasteiger partial charge in [-0.3, -0.25) is 4.90 Å². The monoisotopic (exact) mass is 448 g/mol. The van der Waals surface area contributed by atoms with Crippen molar-refractivity contribution in [2.45, 2.75) is 38.5 Å². The number of hydrogen-bond donors (Lipinski definition) is 0. The zero-order valence-electron chi connectivity index (χ0n) is 17.2. The van der Waals surface area contributed by atoms with Crippen LogP contribution in [0.4, 0.5) is 18.9 Å². The molecule has 30 heavy (non-hydrogen) atoms. The van der Waals surface area contributed by atoms with Crippen LogP contribution in [0.1, 0.15) is 37.2 Å². The number of piperazine rings is 1. The number of ether oxygens (including phenoxy) is 1. The van der Waals surface area contributed by atoms with Crippen LogP contribution in [0.15, 0.2) is 24.3 Å². The number of tetrazole rings is 1. The molecule has 1 saturated heterocycles. The van der Waals surface area contributed by atoms with Gasteiger partial charge in [-0.05, 0) is 35.0 Å². The molecule has 1 aliphatic heterocycles. The summed E-state index contributed by atoms with van der Waals surface area (Å²) in [5, 5.41) is 12.2. The van der Waals surface area contributed by atoms with Crippen LogP contribution in [0.5, 0.6) is 0 Å². The first-order valence-corrected chi connectivity index (χ1v) is 9.85. The van der Waals surface area contributed by atoms with E-state index < -0.39 is 11.7 Å². The van der Waals surface area contributed by atoms with Gasteiger partial charge in [0.15, 0.2) is 5.82 Å². The van der Waals surface area contributed by atoms with Crippen molar-refractivity contribution in [3.8, 4) is 0 Å². The van der Waals surface area contributed by atoms with E-state index in [1.165, 1.54) is 12.1 Å². The first kappa shape index (κ1) is 24.4. The Labute approximate surface area is 180 Å². The first-order chi connectivity index (χ1) is 13.9. The Morgan fingerprint density at radius 2 is 1.90 bits per heavy atom. The number of alkyl halides is 3.